The molecule has 0 spiro atoms. The maximum atomic E-state index is 5.95. The van der Waals surface area contributed by atoms with E-state index in [1.54, 1.807) is 0 Å². The van der Waals surface area contributed by atoms with Gasteiger partial charge in [0.25, 0.3) is 0 Å². The molecule has 2 nitrogen and oxygen atoms in total. The van der Waals surface area contributed by atoms with Gasteiger partial charge in [-0.15, -0.1) is 0 Å². The maximum Gasteiger partial charge on any atom is 0.161 e. The number of benzene rings is 1. The third-order valence-corrected chi connectivity index (χ3v) is 9.13. The summed E-state index contributed by atoms with van der Waals surface area (Å²) in [5, 5.41) is 0. The maximum absolute atomic E-state index is 5.95. The first-order valence-corrected chi connectivity index (χ1v) is 15.6. The Kier molecular flexibility index (Phi) is 20.4. The molecule has 162 valence electrons. The third-order valence-electron chi connectivity index (χ3n) is 3.45. The van der Waals surface area contributed by atoms with Crippen LogP contribution in [0.5, 0.6) is 11.5 Å². The monoisotopic (exact) mass is 498 g/mol. The van der Waals surface area contributed by atoms with Gasteiger partial charge in [-0.05, 0) is 48.0 Å². The first kappa shape index (κ1) is 27.0. The zero-order valence-corrected chi connectivity index (χ0v) is 21.6. The summed E-state index contributed by atoms with van der Waals surface area (Å²) in [5.74, 6) is 13.1. The van der Waals surface area contributed by atoms with Crippen molar-refractivity contribution in [3.63, 3.8) is 0 Å². The van der Waals surface area contributed by atoms with Crippen LogP contribution in [0.2, 0.25) is 0 Å². The van der Waals surface area contributed by atoms with Crippen molar-refractivity contribution in [3.05, 3.63) is 24.3 Å². The summed E-state index contributed by atoms with van der Waals surface area (Å²) in [5.41, 5.74) is 0. The molecule has 0 atom stereocenters. The van der Waals surface area contributed by atoms with Crippen molar-refractivity contribution in [2.24, 2.45) is 0 Å². The standard InChI is InChI=1S/C20H34O2S6/c23-9-13-27-17-15-25-11-3-7-21-19-5-1-2-6-20(19)22-8-4-12-26-16-18-28-14-10-24/h1-2,5-6,23-24H,3-4,7-18H2. The number of ether oxygens (including phenoxy) is 2. The van der Waals surface area contributed by atoms with Crippen molar-refractivity contribution < 1.29 is 9.47 Å². The Labute approximate surface area is 200 Å². The predicted molar refractivity (Wildman–Crippen MR) is 144 cm³/mol. The van der Waals surface area contributed by atoms with Crippen molar-refractivity contribution in [2.45, 2.75) is 12.8 Å². The van der Waals surface area contributed by atoms with E-state index < -0.39 is 0 Å². The molecule has 0 aromatic heterocycles. The highest BCUT2D eigenvalue weighted by atomic mass is 32.2. The minimum absolute atomic E-state index is 0.747. The van der Waals surface area contributed by atoms with Gasteiger partial charge in [-0.3, -0.25) is 0 Å². The number of para-hydroxylation sites is 2. The smallest absolute Gasteiger partial charge is 0.161 e. The Bertz CT molecular complexity index is 423. The Hall–Kier alpha value is 0.920. The van der Waals surface area contributed by atoms with Gasteiger partial charge in [0.05, 0.1) is 13.2 Å². The molecule has 1 rings (SSSR count). The van der Waals surface area contributed by atoms with E-state index in [2.05, 4.69) is 25.3 Å². The summed E-state index contributed by atoms with van der Waals surface area (Å²) in [6.07, 6.45) is 2.14. The number of thiol groups is 2. The van der Waals surface area contributed by atoms with Gasteiger partial charge in [0.1, 0.15) is 0 Å². The molecule has 0 radical (unpaired) electrons. The normalized spacial score (nSPS) is 10.9. The van der Waals surface area contributed by atoms with E-state index in [0.29, 0.717) is 0 Å². The minimum atomic E-state index is 0.747. The van der Waals surface area contributed by atoms with Gasteiger partial charge in [-0.25, -0.2) is 0 Å². The first-order valence-electron chi connectivity index (χ1n) is 9.75. The van der Waals surface area contributed by atoms with Crippen molar-refractivity contribution in [1.82, 2.24) is 0 Å². The fraction of sp³-hybridized carbons (Fsp3) is 0.700. The Morgan fingerprint density at radius 2 is 0.964 bits per heavy atom. The molecule has 0 heterocycles. The molecule has 0 saturated carbocycles. The molecule has 0 fully saturated rings. The van der Waals surface area contributed by atoms with Crippen LogP contribution in [0.25, 0.3) is 0 Å². The molecule has 0 aliphatic heterocycles. The van der Waals surface area contributed by atoms with Crippen LogP contribution in [0.3, 0.4) is 0 Å². The Morgan fingerprint density at radius 1 is 0.571 bits per heavy atom. The van der Waals surface area contributed by atoms with Gasteiger partial charge < -0.3 is 9.47 Å². The molecule has 0 aliphatic carbocycles. The third kappa shape index (κ3) is 15.7. The molecular formula is C20H34O2S6. The number of rotatable bonds is 20. The molecule has 0 aliphatic rings. The number of thioether (sulfide) groups is 4. The zero-order chi connectivity index (χ0) is 20.1. The van der Waals surface area contributed by atoms with Crippen LogP contribution >= 0.6 is 72.3 Å². The van der Waals surface area contributed by atoms with Gasteiger partial charge in [0.15, 0.2) is 11.5 Å². The van der Waals surface area contributed by atoms with Crippen molar-refractivity contribution >= 4 is 72.3 Å². The fourth-order valence-corrected chi connectivity index (χ4v) is 6.53. The molecule has 28 heavy (non-hydrogen) atoms. The van der Waals surface area contributed by atoms with E-state index in [4.69, 9.17) is 9.47 Å². The topological polar surface area (TPSA) is 18.5 Å². The van der Waals surface area contributed by atoms with Crippen LogP contribution in [0, 0.1) is 0 Å². The Balaban J connectivity index is 2.06. The summed E-state index contributed by atoms with van der Waals surface area (Å²) < 4.78 is 11.9. The molecule has 8 heteroatoms. The van der Waals surface area contributed by atoms with E-state index in [1.165, 1.54) is 23.0 Å². The van der Waals surface area contributed by atoms with Gasteiger partial charge in [0.2, 0.25) is 0 Å². The fourth-order valence-electron chi connectivity index (χ4n) is 2.15. The van der Waals surface area contributed by atoms with Gasteiger partial charge in [0, 0.05) is 34.5 Å². The highest BCUT2D eigenvalue weighted by molar-refractivity contribution is 8.03. The highest BCUT2D eigenvalue weighted by Crippen LogP contribution is 2.27. The highest BCUT2D eigenvalue weighted by Gasteiger charge is 2.04. The summed E-state index contributed by atoms with van der Waals surface area (Å²) in [7, 11) is 0. The lowest BCUT2D eigenvalue weighted by Gasteiger charge is -2.12. The quantitative estimate of drug-likeness (QED) is 0.168. The molecule has 0 unspecified atom stereocenters. The average Bonchev–Trinajstić information content (AvgIpc) is 2.72. The second-order valence-electron chi connectivity index (χ2n) is 5.75. The van der Waals surface area contributed by atoms with Crippen LogP contribution < -0.4 is 9.47 Å². The Morgan fingerprint density at radius 3 is 1.36 bits per heavy atom. The van der Waals surface area contributed by atoms with Crippen LogP contribution in [-0.4, -0.2) is 70.7 Å². The SMILES string of the molecule is SCCSCCSCCCOc1ccccc1OCCCSCCSCCS. The lowest BCUT2D eigenvalue weighted by Crippen LogP contribution is -2.04. The van der Waals surface area contributed by atoms with Crippen LogP contribution in [-0.2, 0) is 0 Å². The van der Waals surface area contributed by atoms with E-state index in [1.807, 2.05) is 71.3 Å². The largest absolute Gasteiger partial charge is 0.490 e. The second-order valence-corrected chi connectivity index (χ2v) is 11.5. The van der Waals surface area contributed by atoms with Gasteiger partial charge in [-0.1, -0.05) is 12.1 Å². The van der Waals surface area contributed by atoms with Gasteiger partial charge >= 0.3 is 0 Å². The zero-order valence-electron chi connectivity index (χ0n) is 16.6. The van der Waals surface area contributed by atoms with Crippen LogP contribution in [0.15, 0.2) is 24.3 Å². The van der Waals surface area contributed by atoms with Crippen molar-refractivity contribution in [3.8, 4) is 11.5 Å². The molecule has 0 bridgehead atoms. The molecule has 1 aromatic rings. The number of hydrogen-bond donors (Lipinski definition) is 2. The second kappa shape index (κ2) is 21.2. The van der Waals surface area contributed by atoms with Crippen LogP contribution in [0.4, 0.5) is 0 Å². The predicted octanol–water partition coefficient (Wildman–Crippen LogP) is 6.02. The van der Waals surface area contributed by atoms with Crippen molar-refractivity contribution in [2.75, 3.05) is 70.7 Å². The summed E-state index contributed by atoms with van der Waals surface area (Å²) in [6, 6.07) is 8.02. The van der Waals surface area contributed by atoms with E-state index >= 15 is 0 Å². The molecule has 0 saturated heterocycles. The lowest BCUT2D eigenvalue weighted by molar-refractivity contribution is 0.269. The first-order chi connectivity index (χ1) is 13.9. The van der Waals surface area contributed by atoms with Crippen molar-refractivity contribution in [1.29, 1.82) is 0 Å². The van der Waals surface area contributed by atoms with Gasteiger partial charge in [-0.2, -0.15) is 72.3 Å². The number of hydrogen-bond acceptors (Lipinski definition) is 8. The van der Waals surface area contributed by atoms with E-state index in [0.717, 1.165) is 72.1 Å². The summed E-state index contributed by atoms with van der Waals surface area (Å²) in [6.45, 7) is 1.49. The van der Waals surface area contributed by atoms with E-state index in [9.17, 15) is 0 Å². The molecular weight excluding hydrogens is 465 g/mol. The summed E-state index contributed by atoms with van der Waals surface area (Å²) in [4.78, 5) is 0. The minimum Gasteiger partial charge on any atom is -0.490 e. The lowest BCUT2D eigenvalue weighted by atomic mass is 10.3. The molecule has 0 amide bonds. The molecule has 1 aromatic carbocycles. The van der Waals surface area contributed by atoms with Crippen LogP contribution in [0.1, 0.15) is 12.8 Å². The van der Waals surface area contributed by atoms with E-state index in [-0.39, 0.29) is 0 Å². The average molecular weight is 499 g/mol. The summed E-state index contributed by atoms with van der Waals surface area (Å²) >= 11 is 16.4. The molecule has 0 N–H and O–H groups in total.